The van der Waals surface area contributed by atoms with Crippen LogP contribution in [0.15, 0.2) is 29.6 Å². The molecule has 0 spiro atoms. The van der Waals surface area contributed by atoms with Crippen LogP contribution < -0.4 is 10.0 Å². The standard InChI is InChI=1S/C12H18N6O2S/c1-9(2)14-7-10-6-11(8-18(10)3)21(19,20)17-12-13-4-5-15-16-12/h4-6,8-9,14H,7H2,1-3H3,(H,13,16,17). The number of nitrogens with zero attached hydrogens (tertiary/aromatic N) is 4. The third-order valence-electron chi connectivity index (χ3n) is 2.79. The van der Waals surface area contributed by atoms with Crippen LogP contribution in [0.5, 0.6) is 0 Å². The Morgan fingerprint density at radius 1 is 1.33 bits per heavy atom. The van der Waals surface area contributed by atoms with Crippen molar-refractivity contribution >= 4 is 16.0 Å². The Hall–Kier alpha value is -2.00. The Kier molecular flexibility index (Phi) is 4.53. The van der Waals surface area contributed by atoms with Gasteiger partial charge in [-0.2, -0.15) is 5.10 Å². The maximum absolute atomic E-state index is 12.3. The van der Waals surface area contributed by atoms with E-state index in [0.717, 1.165) is 5.69 Å². The van der Waals surface area contributed by atoms with E-state index < -0.39 is 10.0 Å². The third-order valence-corrected chi connectivity index (χ3v) is 4.09. The van der Waals surface area contributed by atoms with Crippen molar-refractivity contribution in [3.8, 4) is 0 Å². The van der Waals surface area contributed by atoms with Gasteiger partial charge in [0.1, 0.15) is 4.90 Å². The molecular formula is C12H18N6O2S. The molecule has 2 heterocycles. The molecule has 8 nitrogen and oxygen atoms in total. The average molecular weight is 310 g/mol. The summed E-state index contributed by atoms with van der Waals surface area (Å²) < 4.78 is 28.6. The van der Waals surface area contributed by atoms with Crippen LogP contribution in [-0.2, 0) is 23.6 Å². The fourth-order valence-electron chi connectivity index (χ4n) is 1.68. The van der Waals surface area contributed by atoms with Gasteiger partial charge in [0, 0.05) is 31.5 Å². The highest BCUT2D eigenvalue weighted by atomic mass is 32.2. The molecule has 0 fully saturated rings. The fourth-order valence-corrected chi connectivity index (χ4v) is 2.72. The fraction of sp³-hybridized carbons (Fsp3) is 0.417. The molecule has 0 aliphatic carbocycles. The molecule has 0 saturated carbocycles. The highest BCUT2D eigenvalue weighted by Crippen LogP contribution is 2.16. The van der Waals surface area contributed by atoms with Crippen LogP contribution in [0.4, 0.5) is 5.95 Å². The minimum atomic E-state index is -3.72. The number of rotatable bonds is 6. The van der Waals surface area contributed by atoms with Crippen molar-refractivity contribution in [1.82, 2.24) is 25.1 Å². The van der Waals surface area contributed by atoms with Crippen molar-refractivity contribution in [1.29, 1.82) is 0 Å². The van der Waals surface area contributed by atoms with E-state index in [2.05, 4.69) is 25.2 Å². The smallest absolute Gasteiger partial charge is 0.265 e. The molecule has 0 amide bonds. The van der Waals surface area contributed by atoms with E-state index in [1.54, 1.807) is 23.9 Å². The van der Waals surface area contributed by atoms with Gasteiger partial charge in [0.25, 0.3) is 16.0 Å². The van der Waals surface area contributed by atoms with Crippen molar-refractivity contribution in [2.45, 2.75) is 31.3 Å². The predicted molar refractivity (Wildman–Crippen MR) is 78.0 cm³/mol. The Morgan fingerprint density at radius 2 is 2.10 bits per heavy atom. The summed E-state index contributed by atoms with van der Waals surface area (Å²) in [5, 5.41) is 10.4. The Labute approximate surface area is 123 Å². The van der Waals surface area contributed by atoms with E-state index in [4.69, 9.17) is 0 Å². The minimum Gasteiger partial charge on any atom is -0.352 e. The maximum Gasteiger partial charge on any atom is 0.265 e. The minimum absolute atomic E-state index is 0.0526. The van der Waals surface area contributed by atoms with Gasteiger partial charge in [-0.1, -0.05) is 13.8 Å². The molecule has 9 heteroatoms. The Bertz CT molecular complexity index is 696. The lowest BCUT2D eigenvalue weighted by Gasteiger charge is -2.08. The van der Waals surface area contributed by atoms with E-state index in [9.17, 15) is 8.42 Å². The first-order valence-corrected chi connectivity index (χ1v) is 7.92. The molecule has 21 heavy (non-hydrogen) atoms. The second-order valence-corrected chi connectivity index (χ2v) is 6.57. The molecule has 0 radical (unpaired) electrons. The number of hydrogen-bond donors (Lipinski definition) is 2. The summed E-state index contributed by atoms with van der Waals surface area (Å²) in [6.07, 6.45) is 4.29. The van der Waals surface area contributed by atoms with Crippen LogP contribution in [0.3, 0.4) is 0 Å². The maximum atomic E-state index is 12.3. The number of sulfonamides is 1. The molecule has 0 saturated heterocycles. The number of aryl methyl sites for hydroxylation is 1. The molecule has 0 aliphatic rings. The number of hydrogen-bond acceptors (Lipinski definition) is 6. The molecule has 2 aromatic heterocycles. The Morgan fingerprint density at radius 3 is 2.71 bits per heavy atom. The zero-order chi connectivity index (χ0) is 15.5. The van der Waals surface area contributed by atoms with Gasteiger partial charge in [-0.15, -0.1) is 5.10 Å². The second kappa shape index (κ2) is 6.19. The summed E-state index contributed by atoms with van der Waals surface area (Å²) in [4.78, 5) is 3.96. The van der Waals surface area contributed by atoms with Crippen LogP contribution in [0.25, 0.3) is 0 Å². The zero-order valence-corrected chi connectivity index (χ0v) is 12.9. The molecule has 0 bridgehead atoms. The quantitative estimate of drug-likeness (QED) is 0.806. The number of aromatic nitrogens is 4. The summed E-state index contributed by atoms with van der Waals surface area (Å²) in [5.74, 6) is -0.0526. The van der Waals surface area contributed by atoms with Gasteiger partial charge in [0.2, 0.25) is 0 Å². The SMILES string of the molecule is CC(C)NCc1cc(S(=O)(=O)Nc2nccnn2)cn1C. The van der Waals surface area contributed by atoms with E-state index in [1.165, 1.54) is 12.4 Å². The topological polar surface area (TPSA) is 102 Å². The summed E-state index contributed by atoms with van der Waals surface area (Å²) in [6.45, 7) is 4.65. The molecule has 114 valence electrons. The first-order chi connectivity index (χ1) is 9.88. The number of anilines is 1. The first-order valence-electron chi connectivity index (χ1n) is 6.43. The normalized spacial score (nSPS) is 11.8. The van der Waals surface area contributed by atoms with E-state index in [-0.39, 0.29) is 10.8 Å². The second-order valence-electron chi connectivity index (χ2n) is 4.89. The molecule has 0 aromatic carbocycles. The average Bonchev–Trinajstić information content (AvgIpc) is 2.79. The molecule has 2 N–H and O–H groups in total. The summed E-state index contributed by atoms with van der Waals surface area (Å²) in [6, 6.07) is 1.94. The lowest BCUT2D eigenvalue weighted by atomic mass is 10.3. The molecule has 2 rings (SSSR count). The van der Waals surface area contributed by atoms with Crippen molar-refractivity contribution in [2.24, 2.45) is 7.05 Å². The summed E-state index contributed by atoms with van der Waals surface area (Å²) in [7, 11) is -1.91. The van der Waals surface area contributed by atoms with Gasteiger partial charge in [-0.05, 0) is 6.07 Å². The van der Waals surface area contributed by atoms with Crippen molar-refractivity contribution in [2.75, 3.05) is 4.72 Å². The van der Waals surface area contributed by atoms with Gasteiger partial charge in [-0.3, -0.25) is 0 Å². The van der Waals surface area contributed by atoms with Crippen molar-refractivity contribution in [3.63, 3.8) is 0 Å². The van der Waals surface area contributed by atoms with E-state index in [1.807, 2.05) is 13.8 Å². The summed E-state index contributed by atoms with van der Waals surface area (Å²) in [5.41, 5.74) is 0.871. The van der Waals surface area contributed by atoms with Crippen molar-refractivity contribution in [3.05, 3.63) is 30.4 Å². The molecule has 0 atom stereocenters. The van der Waals surface area contributed by atoms with Gasteiger partial charge in [0.15, 0.2) is 0 Å². The lowest BCUT2D eigenvalue weighted by Crippen LogP contribution is -2.22. The van der Waals surface area contributed by atoms with Gasteiger partial charge in [-0.25, -0.2) is 18.1 Å². The highest BCUT2D eigenvalue weighted by molar-refractivity contribution is 7.92. The summed E-state index contributed by atoms with van der Waals surface area (Å²) >= 11 is 0. The lowest BCUT2D eigenvalue weighted by molar-refractivity contribution is 0.571. The predicted octanol–water partition coefficient (Wildman–Crippen LogP) is 0.509. The van der Waals surface area contributed by atoms with Crippen LogP contribution in [0.2, 0.25) is 0 Å². The van der Waals surface area contributed by atoms with Crippen molar-refractivity contribution < 1.29 is 8.42 Å². The highest BCUT2D eigenvalue weighted by Gasteiger charge is 2.19. The number of nitrogens with one attached hydrogen (secondary N) is 2. The van der Waals surface area contributed by atoms with Gasteiger partial charge in [0.05, 0.1) is 12.4 Å². The zero-order valence-electron chi connectivity index (χ0n) is 12.1. The largest absolute Gasteiger partial charge is 0.352 e. The first kappa shape index (κ1) is 15.4. The van der Waals surface area contributed by atoms with Gasteiger partial charge >= 0.3 is 0 Å². The van der Waals surface area contributed by atoms with Crippen LogP contribution in [-0.4, -0.2) is 34.2 Å². The molecule has 2 aromatic rings. The van der Waals surface area contributed by atoms with Crippen LogP contribution >= 0.6 is 0 Å². The van der Waals surface area contributed by atoms with Gasteiger partial charge < -0.3 is 9.88 Å². The van der Waals surface area contributed by atoms with Crippen LogP contribution in [0.1, 0.15) is 19.5 Å². The van der Waals surface area contributed by atoms with E-state index >= 15 is 0 Å². The van der Waals surface area contributed by atoms with E-state index in [0.29, 0.717) is 12.6 Å². The third kappa shape index (κ3) is 3.99. The molecule has 0 aliphatic heterocycles. The van der Waals surface area contributed by atoms with Crippen LogP contribution in [0, 0.1) is 0 Å². The monoisotopic (exact) mass is 310 g/mol. The Balaban J connectivity index is 2.19. The molecule has 0 unspecified atom stereocenters. The molecular weight excluding hydrogens is 292 g/mol.